The van der Waals surface area contributed by atoms with Crippen LogP contribution in [-0.2, 0) is 10.8 Å². The average Bonchev–Trinajstić information content (AvgIpc) is 4.09. The van der Waals surface area contributed by atoms with Gasteiger partial charge in [0.25, 0.3) is 0 Å². The van der Waals surface area contributed by atoms with Crippen molar-refractivity contribution in [3.63, 3.8) is 0 Å². The molecule has 1 saturated carbocycles. The van der Waals surface area contributed by atoms with Gasteiger partial charge in [-0.2, -0.15) is 0 Å². The largest absolute Gasteiger partial charge is 0.455 e. The third-order valence-electron chi connectivity index (χ3n) is 14.8. The molecule has 62 heavy (non-hydrogen) atoms. The first kappa shape index (κ1) is 35.6. The number of anilines is 3. The number of furan rings is 1. The highest BCUT2D eigenvalue weighted by Gasteiger charge is 2.45. The number of nitrogens with zero attached hydrogens (tertiary/aromatic N) is 1. The lowest BCUT2D eigenvalue weighted by Crippen LogP contribution is -2.21. The van der Waals surface area contributed by atoms with Gasteiger partial charge in [0.2, 0.25) is 0 Å². The molecule has 0 saturated heterocycles. The summed E-state index contributed by atoms with van der Waals surface area (Å²) in [6, 6.07) is 70.1. The monoisotopic (exact) mass is 795 g/mol. The first-order valence-corrected chi connectivity index (χ1v) is 22.3. The molecule has 0 N–H and O–H groups in total. The van der Waals surface area contributed by atoms with Gasteiger partial charge in [0.15, 0.2) is 0 Å². The number of hydrogen-bond acceptors (Lipinski definition) is 2. The van der Waals surface area contributed by atoms with Crippen molar-refractivity contribution in [3.05, 3.63) is 210 Å². The zero-order valence-electron chi connectivity index (χ0n) is 35.1. The van der Waals surface area contributed by atoms with Crippen LogP contribution in [-0.4, -0.2) is 0 Å². The molecule has 296 valence electrons. The molecule has 1 spiro atoms. The second-order valence-corrected chi connectivity index (χ2v) is 18.3. The van der Waals surface area contributed by atoms with E-state index in [2.05, 4.69) is 207 Å². The van der Waals surface area contributed by atoms with Crippen LogP contribution in [0.2, 0.25) is 0 Å². The first-order valence-electron chi connectivity index (χ1n) is 22.3. The van der Waals surface area contributed by atoms with E-state index in [1.54, 1.807) is 0 Å². The topological polar surface area (TPSA) is 16.4 Å². The van der Waals surface area contributed by atoms with E-state index in [4.69, 9.17) is 4.42 Å². The molecule has 10 aromatic rings. The van der Waals surface area contributed by atoms with Crippen LogP contribution in [0.15, 0.2) is 192 Å². The molecule has 9 aromatic carbocycles. The van der Waals surface area contributed by atoms with Crippen molar-refractivity contribution in [2.75, 3.05) is 4.90 Å². The van der Waals surface area contributed by atoms with Crippen molar-refractivity contribution in [3.8, 4) is 44.5 Å². The maximum atomic E-state index is 6.59. The summed E-state index contributed by atoms with van der Waals surface area (Å²) in [4.78, 5) is 2.47. The SMILES string of the molecule is CC1(C)c2ccccc2-c2cccc(-c3ccc(N(c4ccc(-c5cccc6oc7c8ccccc8ccc7c56)cc4)c4ccc5c(c4)C4(CCCC4)c4ccccc4-5)cc3)c21. The Morgan fingerprint density at radius 2 is 1.02 bits per heavy atom. The Kier molecular flexibility index (Phi) is 7.56. The van der Waals surface area contributed by atoms with E-state index < -0.39 is 0 Å². The summed E-state index contributed by atoms with van der Waals surface area (Å²) in [6.07, 6.45) is 4.94. The zero-order chi connectivity index (χ0) is 41.2. The fraction of sp³-hybridized carbons (Fsp3) is 0.133. The van der Waals surface area contributed by atoms with Gasteiger partial charge in [-0.25, -0.2) is 0 Å². The second kappa shape index (κ2) is 13.2. The van der Waals surface area contributed by atoms with E-state index in [1.807, 2.05) is 0 Å². The molecule has 3 aliphatic rings. The van der Waals surface area contributed by atoms with E-state index in [-0.39, 0.29) is 10.8 Å². The molecule has 0 bridgehead atoms. The van der Waals surface area contributed by atoms with Crippen molar-refractivity contribution in [1.82, 2.24) is 0 Å². The van der Waals surface area contributed by atoms with E-state index in [1.165, 1.54) is 104 Å². The Hall–Kier alpha value is -7.16. The summed E-state index contributed by atoms with van der Waals surface area (Å²) in [7, 11) is 0. The highest BCUT2D eigenvalue weighted by Crippen LogP contribution is 2.58. The van der Waals surface area contributed by atoms with Crippen LogP contribution in [0.25, 0.3) is 77.2 Å². The van der Waals surface area contributed by atoms with Crippen molar-refractivity contribution < 1.29 is 4.42 Å². The van der Waals surface area contributed by atoms with Crippen LogP contribution in [0, 0.1) is 0 Å². The third-order valence-corrected chi connectivity index (χ3v) is 14.8. The summed E-state index contributed by atoms with van der Waals surface area (Å²) < 4.78 is 6.59. The van der Waals surface area contributed by atoms with Crippen molar-refractivity contribution in [2.24, 2.45) is 0 Å². The molecule has 0 radical (unpaired) electrons. The number of rotatable bonds is 5. The summed E-state index contributed by atoms with van der Waals surface area (Å²) >= 11 is 0. The molecule has 1 aromatic heterocycles. The lowest BCUT2D eigenvalue weighted by atomic mass is 9.76. The highest BCUT2D eigenvalue weighted by molar-refractivity contribution is 6.19. The number of benzene rings is 9. The molecule has 1 fully saturated rings. The molecule has 13 rings (SSSR count). The molecular weight excluding hydrogens is 751 g/mol. The van der Waals surface area contributed by atoms with Crippen molar-refractivity contribution in [2.45, 2.75) is 50.4 Å². The maximum absolute atomic E-state index is 6.59. The molecule has 0 atom stereocenters. The quantitative estimate of drug-likeness (QED) is 0.173. The van der Waals surface area contributed by atoms with Gasteiger partial charge >= 0.3 is 0 Å². The minimum Gasteiger partial charge on any atom is -0.455 e. The third kappa shape index (κ3) is 4.98. The minimum absolute atomic E-state index is 0.0801. The van der Waals surface area contributed by atoms with E-state index in [9.17, 15) is 0 Å². The van der Waals surface area contributed by atoms with Crippen LogP contribution in [0.5, 0.6) is 0 Å². The molecule has 0 amide bonds. The van der Waals surface area contributed by atoms with Gasteiger partial charge in [0, 0.05) is 44.1 Å². The summed E-state index contributed by atoms with van der Waals surface area (Å²) in [6.45, 7) is 4.75. The van der Waals surface area contributed by atoms with Crippen molar-refractivity contribution >= 4 is 49.8 Å². The molecule has 2 nitrogen and oxygen atoms in total. The van der Waals surface area contributed by atoms with Gasteiger partial charge in [0.05, 0.1) is 0 Å². The minimum atomic E-state index is -0.0893. The van der Waals surface area contributed by atoms with Gasteiger partial charge in [-0.1, -0.05) is 166 Å². The lowest BCUT2D eigenvalue weighted by Gasteiger charge is -2.30. The fourth-order valence-corrected chi connectivity index (χ4v) is 12.0. The Balaban J connectivity index is 0.946. The smallest absolute Gasteiger partial charge is 0.143 e. The van der Waals surface area contributed by atoms with Gasteiger partial charge in [-0.3, -0.25) is 0 Å². The Morgan fingerprint density at radius 1 is 0.435 bits per heavy atom. The van der Waals surface area contributed by atoms with E-state index in [0.717, 1.165) is 38.7 Å². The molecular formula is C60H45NO. The van der Waals surface area contributed by atoms with Crippen LogP contribution in [0.1, 0.15) is 61.8 Å². The van der Waals surface area contributed by atoms with Crippen LogP contribution in [0.4, 0.5) is 17.1 Å². The fourth-order valence-electron chi connectivity index (χ4n) is 12.0. The van der Waals surface area contributed by atoms with Gasteiger partial charge in [-0.15, -0.1) is 0 Å². The normalized spacial score (nSPS) is 15.3. The predicted molar refractivity (Wildman–Crippen MR) is 259 cm³/mol. The molecule has 0 unspecified atom stereocenters. The predicted octanol–water partition coefficient (Wildman–Crippen LogP) is 16.7. The highest BCUT2D eigenvalue weighted by atomic mass is 16.3. The Labute approximate surface area is 362 Å². The standard InChI is InChI=1S/C60H45NO/c1-59(2)52-20-7-5-16-48(52)50-19-11-18-45(57(50)59)40-25-30-42(31-26-40)61(43-32-34-49-47-15-6-8-21-53(47)60(54(49)37-43)35-9-10-36-60)41-28-23-39(24-29-41)44-17-12-22-55-56(44)51-33-27-38-13-3-4-14-46(38)58(51)62-55/h3-8,11-34,37H,9-10,35-36H2,1-2H3. The van der Waals surface area contributed by atoms with E-state index >= 15 is 0 Å². The average molecular weight is 796 g/mol. The van der Waals surface area contributed by atoms with Crippen LogP contribution in [0.3, 0.4) is 0 Å². The lowest BCUT2D eigenvalue weighted by molar-refractivity contribution is 0.550. The molecule has 1 heterocycles. The molecule has 0 aliphatic heterocycles. The van der Waals surface area contributed by atoms with E-state index in [0.29, 0.717) is 0 Å². The molecule has 3 aliphatic carbocycles. The summed E-state index contributed by atoms with van der Waals surface area (Å²) in [5.74, 6) is 0. The van der Waals surface area contributed by atoms with Gasteiger partial charge in [-0.05, 0) is 134 Å². The Morgan fingerprint density at radius 3 is 1.79 bits per heavy atom. The van der Waals surface area contributed by atoms with Crippen LogP contribution >= 0.6 is 0 Å². The number of hydrogen-bond donors (Lipinski definition) is 0. The summed E-state index contributed by atoms with van der Waals surface area (Å²) in [5, 5.41) is 4.64. The number of fused-ring (bicyclic) bond motifs is 13. The molecule has 2 heteroatoms. The second-order valence-electron chi connectivity index (χ2n) is 18.3. The zero-order valence-corrected chi connectivity index (χ0v) is 35.1. The summed E-state index contributed by atoms with van der Waals surface area (Å²) in [5.41, 5.74) is 21.5. The maximum Gasteiger partial charge on any atom is 0.143 e. The van der Waals surface area contributed by atoms with Gasteiger partial charge < -0.3 is 9.32 Å². The van der Waals surface area contributed by atoms with Crippen LogP contribution < -0.4 is 4.90 Å². The first-order chi connectivity index (χ1) is 30.5. The Bertz CT molecular complexity index is 3430. The van der Waals surface area contributed by atoms with Crippen molar-refractivity contribution in [1.29, 1.82) is 0 Å². The van der Waals surface area contributed by atoms with Gasteiger partial charge in [0.1, 0.15) is 11.2 Å².